The standard InChI is InChI=1S/C23H26ClFN2O4/c1-2-30-22(28)15-21-23(29)26(13-14-31-20-9-5-18(24)6-10-20)11-12-27(21)16-17-3-7-19(25)8-4-17/h3-10,21H,2,11-16H2,1H3. The molecule has 1 fully saturated rings. The van der Waals surface area contributed by atoms with Gasteiger partial charge in [-0.3, -0.25) is 14.5 Å². The van der Waals surface area contributed by atoms with E-state index in [0.717, 1.165) is 5.56 Å². The van der Waals surface area contributed by atoms with Gasteiger partial charge in [-0.15, -0.1) is 0 Å². The molecule has 0 aromatic heterocycles. The summed E-state index contributed by atoms with van der Waals surface area (Å²) in [6, 6.07) is 12.6. The van der Waals surface area contributed by atoms with Crippen LogP contribution in [-0.2, 0) is 20.9 Å². The fraction of sp³-hybridized carbons (Fsp3) is 0.391. The first-order chi connectivity index (χ1) is 15.0. The van der Waals surface area contributed by atoms with Gasteiger partial charge in [0.25, 0.3) is 0 Å². The van der Waals surface area contributed by atoms with Crippen LogP contribution in [0.1, 0.15) is 18.9 Å². The molecule has 2 aromatic rings. The molecule has 1 saturated heterocycles. The van der Waals surface area contributed by atoms with Gasteiger partial charge >= 0.3 is 5.97 Å². The molecular formula is C23H26ClFN2O4. The second-order valence-corrected chi connectivity index (χ2v) is 7.69. The molecule has 0 N–H and O–H groups in total. The van der Waals surface area contributed by atoms with Gasteiger partial charge < -0.3 is 14.4 Å². The van der Waals surface area contributed by atoms with Crippen LogP contribution in [-0.4, -0.2) is 60.6 Å². The van der Waals surface area contributed by atoms with Crippen LogP contribution in [0.5, 0.6) is 5.75 Å². The van der Waals surface area contributed by atoms with Gasteiger partial charge in [0.2, 0.25) is 5.91 Å². The summed E-state index contributed by atoms with van der Waals surface area (Å²) in [7, 11) is 0. The molecule has 1 unspecified atom stereocenters. The minimum Gasteiger partial charge on any atom is -0.492 e. The minimum absolute atomic E-state index is 0.0254. The van der Waals surface area contributed by atoms with Crippen LogP contribution in [0, 0.1) is 5.82 Å². The summed E-state index contributed by atoms with van der Waals surface area (Å²) in [5, 5.41) is 0.626. The van der Waals surface area contributed by atoms with Crippen molar-refractivity contribution in [1.29, 1.82) is 0 Å². The van der Waals surface area contributed by atoms with Crippen LogP contribution >= 0.6 is 11.6 Å². The van der Waals surface area contributed by atoms with E-state index in [0.29, 0.717) is 43.6 Å². The Labute approximate surface area is 186 Å². The van der Waals surface area contributed by atoms with Crippen molar-refractivity contribution >= 4 is 23.5 Å². The van der Waals surface area contributed by atoms with Gasteiger partial charge in [-0.05, 0) is 48.9 Å². The normalized spacial score (nSPS) is 16.9. The molecule has 2 aromatic carbocycles. The maximum atomic E-state index is 13.2. The van der Waals surface area contributed by atoms with Gasteiger partial charge in [0.05, 0.1) is 19.6 Å². The second-order valence-electron chi connectivity index (χ2n) is 7.25. The number of nitrogens with zero attached hydrogens (tertiary/aromatic N) is 2. The lowest BCUT2D eigenvalue weighted by molar-refractivity contribution is -0.153. The van der Waals surface area contributed by atoms with E-state index in [1.165, 1.54) is 12.1 Å². The summed E-state index contributed by atoms with van der Waals surface area (Å²) < 4.78 is 24.0. The summed E-state index contributed by atoms with van der Waals surface area (Å²) in [6.07, 6.45) is -0.0254. The number of hydrogen-bond donors (Lipinski definition) is 0. The first-order valence-corrected chi connectivity index (χ1v) is 10.7. The Morgan fingerprint density at radius 3 is 2.52 bits per heavy atom. The number of esters is 1. The summed E-state index contributed by atoms with van der Waals surface area (Å²) in [4.78, 5) is 28.9. The molecule has 31 heavy (non-hydrogen) atoms. The van der Waals surface area contributed by atoms with Crippen molar-refractivity contribution in [3.8, 4) is 5.75 Å². The van der Waals surface area contributed by atoms with E-state index in [1.54, 1.807) is 48.2 Å². The summed E-state index contributed by atoms with van der Waals surface area (Å²) in [5.41, 5.74) is 0.877. The monoisotopic (exact) mass is 448 g/mol. The van der Waals surface area contributed by atoms with E-state index in [9.17, 15) is 14.0 Å². The van der Waals surface area contributed by atoms with Gasteiger partial charge in [0.1, 0.15) is 24.2 Å². The third-order valence-electron chi connectivity index (χ3n) is 5.10. The highest BCUT2D eigenvalue weighted by atomic mass is 35.5. The third-order valence-corrected chi connectivity index (χ3v) is 5.35. The summed E-state index contributed by atoms with van der Waals surface area (Å²) >= 11 is 5.88. The molecule has 0 radical (unpaired) electrons. The average Bonchev–Trinajstić information content (AvgIpc) is 2.75. The van der Waals surface area contributed by atoms with Gasteiger partial charge in [0.15, 0.2) is 0 Å². The molecule has 3 rings (SSSR count). The van der Waals surface area contributed by atoms with Crippen LogP contribution in [0.4, 0.5) is 4.39 Å². The van der Waals surface area contributed by atoms with Gasteiger partial charge in [-0.2, -0.15) is 0 Å². The Hall–Kier alpha value is -2.64. The van der Waals surface area contributed by atoms with Crippen LogP contribution in [0.25, 0.3) is 0 Å². The van der Waals surface area contributed by atoms with Gasteiger partial charge in [-0.25, -0.2) is 4.39 Å². The number of carbonyl (C=O) groups is 2. The maximum Gasteiger partial charge on any atom is 0.307 e. The van der Waals surface area contributed by atoms with Crippen molar-refractivity contribution in [1.82, 2.24) is 9.80 Å². The maximum absolute atomic E-state index is 13.2. The lowest BCUT2D eigenvalue weighted by Crippen LogP contribution is -2.57. The highest BCUT2D eigenvalue weighted by molar-refractivity contribution is 6.30. The lowest BCUT2D eigenvalue weighted by Gasteiger charge is -2.40. The fourth-order valence-electron chi connectivity index (χ4n) is 3.52. The number of rotatable bonds is 9. The Balaban J connectivity index is 1.63. The lowest BCUT2D eigenvalue weighted by atomic mass is 10.1. The Morgan fingerprint density at radius 1 is 1.13 bits per heavy atom. The minimum atomic E-state index is -0.631. The molecule has 0 spiro atoms. The Kier molecular flexibility index (Phi) is 8.26. The largest absolute Gasteiger partial charge is 0.492 e. The van der Waals surface area contributed by atoms with Crippen LogP contribution in [0.3, 0.4) is 0 Å². The van der Waals surface area contributed by atoms with Crippen molar-refractivity contribution in [3.63, 3.8) is 0 Å². The van der Waals surface area contributed by atoms with Gasteiger partial charge in [0, 0.05) is 24.7 Å². The van der Waals surface area contributed by atoms with Crippen molar-refractivity contribution < 1.29 is 23.5 Å². The van der Waals surface area contributed by atoms with Gasteiger partial charge in [-0.1, -0.05) is 23.7 Å². The van der Waals surface area contributed by atoms with Crippen LogP contribution < -0.4 is 4.74 Å². The summed E-state index contributed by atoms with van der Waals surface area (Å²) in [6.45, 7) is 4.29. The smallest absolute Gasteiger partial charge is 0.307 e. The van der Waals surface area contributed by atoms with Crippen LogP contribution in [0.15, 0.2) is 48.5 Å². The molecule has 1 aliphatic heterocycles. The number of ether oxygens (including phenoxy) is 2. The topological polar surface area (TPSA) is 59.1 Å². The number of carbonyl (C=O) groups excluding carboxylic acids is 2. The molecule has 0 saturated carbocycles. The Morgan fingerprint density at radius 2 is 1.84 bits per heavy atom. The van der Waals surface area contributed by atoms with Crippen LogP contribution in [0.2, 0.25) is 5.02 Å². The van der Waals surface area contributed by atoms with Crippen molar-refractivity contribution in [2.45, 2.75) is 25.9 Å². The molecule has 0 aliphatic carbocycles. The molecular weight excluding hydrogens is 423 g/mol. The molecule has 166 valence electrons. The zero-order valence-corrected chi connectivity index (χ0v) is 18.2. The van der Waals surface area contributed by atoms with E-state index in [1.807, 2.05) is 4.90 Å². The van der Waals surface area contributed by atoms with E-state index >= 15 is 0 Å². The van der Waals surface area contributed by atoms with E-state index in [4.69, 9.17) is 21.1 Å². The number of amides is 1. The molecule has 1 heterocycles. The number of piperazine rings is 1. The SMILES string of the molecule is CCOC(=O)CC1C(=O)N(CCOc2ccc(Cl)cc2)CCN1Cc1ccc(F)cc1. The molecule has 1 amide bonds. The third kappa shape index (κ3) is 6.67. The van der Waals surface area contributed by atoms with E-state index < -0.39 is 12.0 Å². The molecule has 8 heteroatoms. The number of halogens is 2. The summed E-state index contributed by atoms with van der Waals surface area (Å²) in [5.74, 6) is -0.186. The van der Waals surface area contributed by atoms with Crippen molar-refractivity contribution in [2.24, 2.45) is 0 Å². The predicted octanol–water partition coefficient (Wildman–Crippen LogP) is 3.52. The fourth-order valence-corrected chi connectivity index (χ4v) is 3.64. The Bertz CT molecular complexity index is 876. The second kappa shape index (κ2) is 11.1. The predicted molar refractivity (Wildman–Crippen MR) is 115 cm³/mol. The quantitative estimate of drug-likeness (QED) is 0.549. The van der Waals surface area contributed by atoms with E-state index in [-0.39, 0.29) is 24.8 Å². The molecule has 6 nitrogen and oxygen atoms in total. The molecule has 1 aliphatic rings. The zero-order chi connectivity index (χ0) is 22.2. The van der Waals surface area contributed by atoms with E-state index in [2.05, 4.69) is 0 Å². The molecule has 1 atom stereocenters. The highest BCUT2D eigenvalue weighted by Crippen LogP contribution is 2.20. The average molecular weight is 449 g/mol. The van der Waals surface area contributed by atoms with Crippen molar-refractivity contribution in [3.05, 3.63) is 64.9 Å². The number of hydrogen-bond acceptors (Lipinski definition) is 5. The molecule has 0 bridgehead atoms. The first kappa shape index (κ1) is 23.0. The number of benzene rings is 2. The zero-order valence-electron chi connectivity index (χ0n) is 17.4. The highest BCUT2D eigenvalue weighted by Gasteiger charge is 2.36. The first-order valence-electron chi connectivity index (χ1n) is 10.3. The van der Waals surface area contributed by atoms with Crippen molar-refractivity contribution in [2.75, 3.05) is 32.8 Å².